The van der Waals surface area contributed by atoms with E-state index in [1.54, 1.807) is 17.7 Å². The Bertz CT molecular complexity index is 1140. The molecule has 0 saturated carbocycles. The molecule has 0 aliphatic carbocycles. The van der Waals surface area contributed by atoms with Crippen LogP contribution in [0.3, 0.4) is 0 Å². The Labute approximate surface area is 176 Å². The van der Waals surface area contributed by atoms with Crippen molar-refractivity contribution in [1.29, 1.82) is 0 Å². The molecule has 0 aliphatic heterocycles. The number of hydrogen-bond donors (Lipinski definition) is 1. The fourth-order valence-electron chi connectivity index (χ4n) is 3.66. The van der Waals surface area contributed by atoms with Gasteiger partial charge in [-0.2, -0.15) is 0 Å². The van der Waals surface area contributed by atoms with Crippen molar-refractivity contribution < 1.29 is 0 Å². The highest BCUT2D eigenvalue weighted by molar-refractivity contribution is 7.19. The first kappa shape index (κ1) is 19.6. The summed E-state index contributed by atoms with van der Waals surface area (Å²) in [4.78, 5) is 11.4. The quantitative estimate of drug-likeness (QED) is 0.366. The van der Waals surface area contributed by atoms with Gasteiger partial charge in [-0.1, -0.05) is 43.7 Å². The highest BCUT2D eigenvalue weighted by atomic mass is 32.1. The molecule has 0 bridgehead atoms. The van der Waals surface area contributed by atoms with Crippen molar-refractivity contribution in [3.63, 3.8) is 0 Å². The Kier molecular flexibility index (Phi) is 5.63. The molecular formula is C25H27N3S. The first-order valence-electron chi connectivity index (χ1n) is 10.2. The molecule has 4 heteroatoms. The van der Waals surface area contributed by atoms with E-state index in [2.05, 4.69) is 85.4 Å². The molecule has 4 rings (SSSR count). The molecule has 1 N–H and O–H groups in total. The molecule has 29 heavy (non-hydrogen) atoms. The molecule has 0 amide bonds. The Morgan fingerprint density at radius 2 is 1.72 bits per heavy atom. The van der Waals surface area contributed by atoms with Crippen LogP contribution in [0.25, 0.3) is 21.3 Å². The van der Waals surface area contributed by atoms with Crippen LogP contribution < -0.4 is 5.32 Å². The Hall–Kier alpha value is -2.72. The van der Waals surface area contributed by atoms with Crippen molar-refractivity contribution >= 4 is 33.1 Å². The predicted molar refractivity (Wildman–Crippen MR) is 125 cm³/mol. The fourth-order valence-corrected chi connectivity index (χ4v) is 4.67. The van der Waals surface area contributed by atoms with E-state index in [0.717, 1.165) is 28.1 Å². The number of aryl methyl sites for hydroxylation is 4. The maximum absolute atomic E-state index is 4.60. The molecule has 0 aliphatic rings. The lowest BCUT2D eigenvalue weighted by Crippen LogP contribution is -1.96. The third-order valence-electron chi connectivity index (χ3n) is 5.50. The number of benzene rings is 2. The minimum absolute atomic E-state index is 0.869. The first-order valence-corrected chi connectivity index (χ1v) is 11.1. The zero-order chi connectivity index (χ0) is 20.4. The van der Waals surface area contributed by atoms with Gasteiger partial charge in [0.1, 0.15) is 17.0 Å². The average Bonchev–Trinajstić information content (AvgIpc) is 3.06. The van der Waals surface area contributed by atoms with E-state index < -0.39 is 0 Å². The largest absolute Gasteiger partial charge is 0.340 e. The topological polar surface area (TPSA) is 37.8 Å². The van der Waals surface area contributed by atoms with Gasteiger partial charge in [0.2, 0.25) is 0 Å². The SMILES string of the molecule is CCCCc1ccc(Nc2ncnc3sc(C)c(-c4ccc(C)c(C)c4)c23)cc1. The molecule has 2 aromatic heterocycles. The number of hydrogen-bond acceptors (Lipinski definition) is 4. The highest BCUT2D eigenvalue weighted by Crippen LogP contribution is 2.41. The monoisotopic (exact) mass is 401 g/mol. The normalized spacial score (nSPS) is 11.2. The molecular weight excluding hydrogens is 374 g/mol. The van der Waals surface area contributed by atoms with Gasteiger partial charge in [0.25, 0.3) is 0 Å². The van der Waals surface area contributed by atoms with Crippen molar-refractivity contribution in [2.45, 2.75) is 47.0 Å². The van der Waals surface area contributed by atoms with Crippen LogP contribution in [0.5, 0.6) is 0 Å². The molecule has 2 aromatic carbocycles. The zero-order valence-corrected chi connectivity index (χ0v) is 18.4. The van der Waals surface area contributed by atoms with Crippen molar-refractivity contribution in [2.24, 2.45) is 0 Å². The number of nitrogens with one attached hydrogen (secondary N) is 1. The van der Waals surface area contributed by atoms with Crippen LogP contribution in [-0.2, 0) is 6.42 Å². The molecule has 0 unspecified atom stereocenters. The van der Waals surface area contributed by atoms with Crippen molar-refractivity contribution in [1.82, 2.24) is 9.97 Å². The van der Waals surface area contributed by atoms with Crippen LogP contribution in [-0.4, -0.2) is 9.97 Å². The third-order valence-corrected chi connectivity index (χ3v) is 6.51. The van der Waals surface area contributed by atoms with Crippen LogP contribution in [0, 0.1) is 20.8 Å². The second-order valence-electron chi connectivity index (χ2n) is 7.66. The van der Waals surface area contributed by atoms with E-state index in [-0.39, 0.29) is 0 Å². The Morgan fingerprint density at radius 3 is 2.45 bits per heavy atom. The summed E-state index contributed by atoms with van der Waals surface area (Å²) in [7, 11) is 0. The van der Waals surface area contributed by atoms with Crippen molar-refractivity contribution in [3.05, 3.63) is 70.4 Å². The number of anilines is 2. The Balaban J connectivity index is 1.74. The summed E-state index contributed by atoms with van der Waals surface area (Å²) in [5.74, 6) is 0.869. The third kappa shape index (κ3) is 4.03. The van der Waals surface area contributed by atoms with Gasteiger partial charge in [0.15, 0.2) is 0 Å². The second kappa shape index (κ2) is 8.34. The van der Waals surface area contributed by atoms with Gasteiger partial charge >= 0.3 is 0 Å². The second-order valence-corrected chi connectivity index (χ2v) is 8.86. The lowest BCUT2D eigenvalue weighted by molar-refractivity contribution is 0.795. The van der Waals surface area contributed by atoms with Crippen LogP contribution in [0.1, 0.15) is 41.3 Å². The summed E-state index contributed by atoms with van der Waals surface area (Å²) in [6.07, 6.45) is 5.24. The highest BCUT2D eigenvalue weighted by Gasteiger charge is 2.17. The molecule has 0 saturated heterocycles. The van der Waals surface area contributed by atoms with E-state index in [0.29, 0.717) is 0 Å². The van der Waals surface area contributed by atoms with Gasteiger partial charge < -0.3 is 5.32 Å². The van der Waals surface area contributed by atoms with Crippen LogP contribution in [0.4, 0.5) is 11.5 Å². The Morgan fingerprint density at radius 1 is 0.931 bits per heavy atom. The zero-order valence-electron chi connectivity index (χ0n) is 17.5. The summed E-state index contributed by atoms with van der Waals surface area (Å²) >= 11 is 1.73. The van der Waals surface area contributed by atoms with Gasteiger partial charge in [0, 0.05) is 16.1 Å². The summed E-state index contributed by atoms with van der Waals surface area (Å²) < 4.78 is 0. The minimum atomic E-state index is 0.869. The summed E-state index contributed by atoms with van der Waals surface area (Å²) in [6.45, 7) is 8.71. The maximum atomic E-state index is 4.60. The smallest absolute Gasteiger partial charge is 0.143 e. The standard InChI is InChI=1S/C25H27N3S/c1-5-6-7-19-9-12-21(13-10-19)28-24-23-22(18(4)29-25(23)27-15-26-24)20-11-8-16(2)17(3)14-20/h8-15H,5-7H2,1-4H3,(H,26,27,28). The molecule has 4 aromatic rings. The molecule has 2 heterocycles. The van der Waals surface area contributed by atoms with Crippen LogP contribution in [0.2, 0.25) is 0 Å². The minimum Gasteiger partial charge on any atom is -0.340 e. The van der Waals surface area contributed by atoms with E-state index in [9.17, 15) is 0 Å². The van der Waals surface area contributed by atoms with Gasteiger partial charge in [-0.3, -0.25) is 0 Å². The maximum Gasteiger partial charge on any atom is 0.143 e. The summed E-state index contributed by atoms with van der Waals surface area (Å²) in [5, 5.41) is 4.64. The molecule has 148 valence electrons. The lowest BCUT2D eigenvalue weighted by Gasteiger charge is -2.11. The molecule has 0 fully saturated rings. The van der Waals surface area contributed by atoms with Gasteiger partial charge in [-0.25, -0.2) is 9.97 Å². The van der Waals surface area contributed by atoms with Crippen LogP contribution in [0.15, 0.2) is 48.8 Å². The number of thiophene rings is 1. The van der Waals surface area contributed by atoms with E-state index in [1.807, 2.05) is 0 Å². The first-order chi connectivity index (χ1) is 14.1. The number of unbranched alkanes of at least 4 members (excludes halogenated alkanes) is 1. The number of nitrogens with zero attached hydrogens (tertiary/aromatic N) is 2. The van der Waals surface area contributed by atoms with E-state index in [4.69, 9.17) is 0 Å². The van der Waals surface area contributed by atoms with Gasteiger partial charge in [-0.15, -0.1) is 11.3 Å². The van der Waals surface area contributed by atoms with Crippen molar-refractivity contribution in [3.8, 4) is 11.1 Å². The molecule has 3 nitrogen and oxygen atoms in total. The lowest BCUT2D eigenvalue weighted by atomic mass is 9.99. The number of fused-ring (bicyclic) bond motifs is 1. The molecule has 0 atom stereocenters. The van der Waals surface area contributed by atoms with Gasteiger partial charge in [0.05, 0.1) is 5.39 Å². The number of rotatable bonds is 6. The average molecular weight is 402 g/mol. The summed E-state index contributed by atoms with van der Waals surface area (Å²) in [6, 6.07) is 15.4. The van der Waals surface area contributed by atoms with E-state index >= 15 is 0 Å². The molecule has 0 spiro atoms. The van der Waals surface area contributed by atoms with Gasteiger partial charge in [-0.05, 0) is 68.0 Å². The van der Waals surface area contributed by atoms with Crippen LogP contribution >= 0.6 is 11.3 Å². The fraction of sp³-hybridized carbons (Fsp3) is 0.280. The van der Waals surface area contributed by atoms with Crippen molar-refractivity contribution in [2.75, 3.05) is 5.32 Å². The van der Waals surface area contributed by atoms with E-state index in [1.165, 1.54) is 45.5 Å². The number of aromatic nitrogens is 2. The summed E-state index contributed by atoms with van der Waals surface area (Å²) in [5.41, 5.74) is 7.51. The molecule has 0 radical (unpaired) electrons. The predicted octanol–water partition coefficient (Wildman–Crippen LogP) is 7.37.